The van der Waals surface area contributed by atoms with Crippen LogP contribution in [0, 0.1) is 13.8 Å². The number of rotatable bonds is 5. The molecule has 1 aromatic carbocycles. The van der Waals surface area contributed by atoms with Crippen LogP contribution in [0.25, 0.3) is 0 Å². The molecule has 1 aliphatic heterocycles. The van der Waals surface area contributed by atoms with Gasteiger partial charge in [-0.15, -0.1) is 0 Å². The summed E-state index contributed by atoms with van der Waals surface area (Å²) in [5.41, 5.74) is 3.20. The standard InChI is InChI=1S/C19H21NO5/c1-12-8-15(13(2)20(12)3)16(21)11-25-19(22)10-14-4-5-17-18(9-14)24-7-6-23-17/h4-5,8-9H,6-7,10-11H2,1-3H3. The summed E-state index contributed by atoms with van der Waals surface area (Å²) in [6.45, 7) is 4.56. The molecule has 0 fully saturated rings. The van der Waals surface area contributed by atoms with Crippen molar-refractivity contribution in [1.82, 2.24) is 4.57 Å². The Morgan fingerprint density at radius 1 is 1.12 bits per heavy atom. The van der Waals surface area contributed by atoms with Crippen molar-refractivity contribution in [3.63, 3.8) is 0 Å². The Labute approximate surface area is 146 Å². The molecule has 0 saturated heterocycles. The first kappa shape index (κ1) is 17.1. The lowest BCUT2D eigenvalue weighted by Crippen LogP contribution is -2.17. The molecule has 0 atom stereocenters. The number of benzene rings is 1. The topological polar surface area (TPSA) is 66.8 Å². The fourth-order valence-corrected chi connectivity index (χ4v) is 2.78. The van der Waals surface area contributed by atoms with Gasteiger partial charge in [-0.05, 0) is 37.6 Å². The lowest BCUT2D eigenvalue weighted by atomic mass is 10.1. The van der Waals surface area contributed by atoms with Crippen LogP contribution in [0.1, 0.15) is 27.3 Å². The number of carbonyl (C=O) groups is 2. The van der Waals surface area contributed by atoms with Gasteiger partial charge in [0.15, 0.2) is 18.1 Å². The van der Waals surface area contributed by atoms with Crippen LogP contribution < -0.4 is 9.47 Å². The van der Waals surface area contributed by atoms with Crippen molar-refractivity contribution in [2.45, 2.75) is 20.3 Å². The molecular formula is C19H21NO5. The van der Waals surface area contributed by atoms with Crippen LogP contribution in [0.3, 0.4) is 0 Å². The molecule has 0 spiro atoms. The number of hydrogen-bond donors (Lipinski definition) is 0. The molecule has 0 amide bonds. The van der Waals surface area contributed by atoms with E-state index < -0.39 is 5.97 Å². The molecule has 6 heteroatoms. The number of nitrogens with zero attached hydrogens (tertiary/aromatic N) is 1. The number of esters is 1. The van der Waals surface area contributed by atoms with Crippen LogP contribution in [0.15, 0.2) is 24.3 Å². The SMILES string of the molecule is Cc1cc(C(=O)COC(=O)Cc2ccc3c(c2)OCCO3)c(C)n1C. The van der Waals surface area contributed by atoms with Crippen molar-refractivity contribution < 1.29 is 23.8 Å². The zero-order chi connectivity index (χ0) is 18.0. The zero-order valence-electron chi connectivity index (χ0n) is 14.6. The first-order valence-electron chi connectivity index (χ1n) is 8.16. The van der Waals surface area contributed by atoms with Crippen LogP contribution in [0.4, 0.5) is 0 Å². The van der Waals surface area contributed by atoms with Crippen LogP contribution in [0.2, 0.25) is 0 Å². The Morgan fingerprint density at radius 2 is 1.84 bits per heavy atom. The molecule has 0 unspecified atom stereocenters. The molecular weight excluding hydrogens is 322 g/mol. The minimum absolute atomic E-state index is 0.0801. The smallest absolute Gasteiger partial charge is 0.310 e. The minimum atomic E-state index is -0.449. The number of aromatic nitrogens is 1. The maximum Gasteiger partial charge on any atom is 0.310 e. The number of fused-ring (bicyclic) bond motifs is 1. The molecule has 0 aliphatic carbocycles. The molecule has 6 nitrogen and oxygen atoms in total. The molecule has 1 aliphatic rings. The summed E-state index contributed by atoms with van der Waals surface area (Å²) in [6, 6.07) is 7.15. The van der Waals surface area contributed by atoms with Gasteiger partial charge in [0.05, 0.1) is 6.42 Å². The molecule has 0 radical (unpaired) electrons. The Bertz CT molecular complexity index is 821. The van der Waals surface area contributed by atoms with Gasteiger partial charge >= 0.3 is 5.97 Å². The summed E-state index contributed by atoms with van der Waals surface area (Å²) in [5, 5.41) is 0. The first-order chi connectivity index (χ1) is 12.0. The molecule has 1 aromatic heterocycles. The third-order valence-corrected chi connectivity index (χ3v) is 4.39. The van der Waals surface area contributed by atoms with Gasteiger partial charge in [0, 0.05) is 24.0 Å². The summed E-state index contributed by atoms with van der Waals surface area (Å²) in [4.78, 5) is 24.3. The number of aryl methyl sites for hydroxylation is 1. The highest BCUT2D eigenvalue weighted by Crippen LogP contribution is 2.30. The normalized spacial score (nSPS) is 12.8. The fourth-order valence-electron chi connectivity index (χ4n) is 2.78. The van der Waals surface area contributed by atoms with E-state index in [9.17, 15) is 9.59 Å². The lowest BCUT2D eigenvalue weighted by molar-refractivity contribution is -0.141. The number of ether oxygens (including phenoxy) is 3. The molecule has 132 valence electrons. The van der Waals surface area contributed by atoms with Crippen LogP contribution >= 0.6 is 0 Å². The van der Waals surface area contributed by atoms with Crippen molar-refractivity contribution in [1.29, 1.82) is 0 Å². The minimum Gasteiger partial charge on any atom is -0.486 e. The van der Waals surface area contributed by atoms with Gasteiger partial charge in [-0.2, -0.15) is 0 Å². The number of ketones is 1. The lowest BCUT2D eigenvalue weighted by Gasteiger charge is -2.18. The first-order valence-corrected chi connectivity index (χ1v) is 8.16. The van der Waals surface area contributed by atoms with E-state index >= 15 is 0 Å². The van der Waals surface area contributed by atoms with Gasteiger partial charge in [0.1, 0.15) is 13.2 Å². The Hall–Kier alpha value is -2.76. The predicted octanol–water partition coefficient (Wildman–Crippen LogP) is 2.38. The quantitative estimate of drug-likeness (QED) is 0.616. The van der Waals surface area contributed by atoms with E-state index in [1.54, 1.807) is 18.2 Å². The number of Topliss-reactive ketones (excluding diaryl/α,β-unsaturated/α-hetero) is 1. The fraction of sp³-hybridized carbons (Fsp3) is 0.368. The summed E-state index contributed by atoms with van der Waals surface area (Å²) >= 11 is 0. The second kappa shape index (κ2) is 7.01. The summed E-state index contributed by atoms with van der Waals surface area (Å²) < 4.78 is 18.0. The molecule has 3 rings (SSSR count). The highest BCUT2D eigenvalue weighted by molar-refractivity contribution is 5.99. The van der Waals surface area contributed by atoms with Crippen molar-refractivity contribution in [2.75, 3.05) is 19.8 Å². The maximum absolute atomic E-state index is 12.3. The number of carbonyl (C=O) groups excluding carboxylic acids is 2. The second-order valence-corrected chi connectivity index (χ2v) is 6.08. The molecule has 25 heavy (non-hydrogen) atoms. The van der Waals surface area contributed by atoms with Crippen molar-refractivity contribution >= 4 is 11.8 Å². The van der Waals surface area contributed by atoms with E-state index in [0.717, 1.165) is 17.0 Å². The van der Waals surface area contributed by atoms with E-state index in [-0.39, 0.29) is 18.8 Å². The van der Waals surface area contributed by atoms with Gasteiger partial charge in [-0.25, -0.2) is 0 Å². The molecule has 2 aromatic rings. The Kier molecular flexibility index (Phi) is 4.79. The Morgan fingerprint density at radius 3 is 2.52 bits per heavy atom. The van der Waals surface area contributed by atoms with E-state index in [2.05, 4.69) is 0 Å². The highest BCUT2D eigenvalue weighted by Gasteiger charge is 2.17. The van der Waals surface area contributed by atoms with Gasteiger partial charge in [-0.3, -0.25) is 9.59 Å². The van der Waals surface area contributed by atoms with E-state index in [0.29, 0.717) is 30.3 Å². The number of hydrogen-bond acceptors (Lipinski definition) is 5. The van der Waals surface area contributed by atoms with Gasteiger partial charge in [-0.1, -0.05) is 6.07 Å². The maximum atomic E-state index is 12.3. The molecule has 0 saturated carbocycles. The van der Waals surface area contributed by atoms with E-state index in [4.69, 9.17) is 14.2 Å². The van der Waals surface area contributed by atoms with Crippen molar-refractivity contribution in [3.8, 4) is 11.5 Å². The third kappa shape index (κ3) is 3.68. The van der Waals surface area contributed by atoms with E-state index in [1.807, 2.05) is 31.5 Å². The van der Waals surface area contributed by atoms with Crippen molar-refractivity contribution in [2.24, 2.45) is 7.05 Å². The summed E-state index contributed by atoms with van der Waals surface area (Å²) in [5.74, 6) is 0.656. The Balaban J connectivity index is 1.57. The zero-order valence-corrected chi connectivity index (χ0v) is 14.6. The average Bonchev–Trinajstić information content (AvgIpc) is 2.87. The molecule has 0 N–H and O–H groups in total. The predicted molar refractivity (Wildman–Crippen MR) is 91.3 cm³/mol. The van der Waals surface area contributed by atoms with Gasteiger partial charge in [0.2, 0.25) is 5.78 Å². The molecule has 2 heterocycles. The van der Waals surface area contributed by atoms with Gasteiger partial charge in [0.25, 0.3) is 0 Å². The summed E-state index contributed by atoms with van der Waals surface area (Å²) in [7, 11) is 1.90. The average molecular weight is 343 g/mol. The van der Waals surface area contributed by atoms with Gasteiger partial charge < -0.3 is 18.8 Å². The monoisotopic (exact) mass is 343 g/mol. The second-order valence-electron chi connectivity index (χ2n) is 6.08. The highest BCUT2D eigenvalue weighted by atomic mass is 16.6. The largest absolute Gasteiger partial charge is 0.486 e. The van der Waals surface area contributed by atoms with Crippen LogP contribution in [0.5, 0.6) is 11.5 Å². The summed E-state index contributed by atoms with van der Waals surface area (Å²) in [6.07, 6.45) is 0.0801. The molecule has 0 bridgehead atoms. The van der Waals surface area contributed by atoms with Crippen LogP contribution in [-0.2, 0) is 23.0 Å². The van der Waals surface area contributed by atoms with E-state index in [1.165, 1.54) is 0 Å². The third-order valence-electron chi connectivity index (χ3n) is 4.39. The van der Waals surface area contributed by atoms with Crippen molar-refractivity contribution in [3.05, 3.63) is 46.8 Å². The van der Waals surface area contributed by atoms with Crippen LogP contribution in [-0.4, -0.2) is 36.1 Å².